The third kappa shape index (κ3) is 5.79. The van der Waals surface area contributed by atoms with E-state index in [1.165, 1.54) is 50.4 Å². The number of unbranched alkanes of at least 4 members (excludes halogenated alkanes) is 1. The molecule has 0 aromatic heterocycles. The molecule has 0 aliphatic carbocycles. The Kier molecular flexibility index (Phi) is 7.49. The largest absolute Gasteiger partial charge is 0.315 e. The van der Waals surface area contributed by atoms with Crippen molar-refractivity contribution in [3.63, 3.8) is 0 Å². The third-order valence-corrected chi connectivity index (χ3v) is 4.08. The lowest BCUT2D eigenvalue weighted by molar-refractivity contribution is 0.220. The van der Waals surface area contributed by atoms with Gasteiger partial charge in [0.1, 0.15) is 0 Å². The molecule has 0 aromatic rings. The van der Waals surface area contributed by atoms with Crippen LogP contribution in [-0.4, -0.2) is 48.6 Å². The highest BCUT2D eigenvalue weighted by molar-refractivity contribution is 7.99. The Hall–Kier alpha value is 0.270. The summed E-state index contributed by atoms with van der Waals surface area (Å²) < 4.78 is 0. The van der Waals surface area contributed by atoms with E-state index in [1.54, 1.807) is 0 Å². The Morgan fingerprint density at radius 2 is 2.20 bits per heavy atom. The van der Waals surface area contributed by atoms with Gasteiger partial charge in [-0.15, -0.1) is 0 Å². The van der Waals surface area contributed by atoms with Crippen molar-refractivity contribution in [2.24, 2.45) is 0 Å². The average molecular weight is 230 g/mol. The summed E-state index contributed by atoms with van der Waals surface area (Å²) in [6, 6.07) is 0.709. The van der Waals surface area contributed by atoms with Crippen molar-refractivity contribution < 1.29 is 0 Å². The minimum absolute atomic E-state index is 0.709. The Labute approximate surface area is 99.2 Å². The van der Waals surface area contributed by atoms with Crippen LogP contribution in [0.25, 0.3) is 0 Å². The molecule has 1 aliphatic heterocycles. The Bertz CT molecular complexity index is 145. The molecule has 1 heterocycles. The first-order valence-corrected chi connectivity index (χ1v) is 7.52. The molecule has 15 heavy (non-hydrogen) atoms. The van der Waals surface area contributed by atoms with Gasteiger partial charge < -0.3 is 5.32 Å². The topological polar surface area (TPSA) is 15.3 Å². The summed E-state index contributed by atoms with van der Waals surface area (Å²) in [4.78, 5) is 2.64. The minimum atomic E-state index is 0.709. The smallest absolute Gasteiger partial charge is 0.0192 e. The van der Waals surface area contributed by atoms with E-state index < -0.39 is 0 Å². The summed E-state index contributed by atoms with van der Waals surface area (Å²) in [6.45, 7) is 9.52. The zero-order chi connectivity index (χ0) is 10.9. The first-order valence-electron chi connectivity index (χ1n) is 6.37. The number of rotatable bonds is 6. The number of hydrogen-bond acceptors (Lipinski definition) is 3. The van der Waals surface area contributed by atoms with Crippen LogP contribution in [0, 0.1) is 0 Å². The number of nitrogens with one attached hydrogen (secondary N) is 1. The summed E-state index contributed by atoms with van der Waals surface area (Å²) >= 11 is 2.11. The second kappa shape index (κ2) is 8.43. The second-order valence-corrected chi connectivity index (χ2v) is 5.63. The van der Waals surface area contributed by atoms with E-state index in [1.807, 2.05) is 0 Å². The van der Waals surface area contributed by atoms with E-state index in [9.17, 15) is 0 Å². The zero-order valence-electron chi connectivity index (χ0n) is 10.3. The van der Waals surface area contributed by atoms with Crippen molar-refractivity contribution in [1.29, 1.82) is 0 Å². The molecule has 0 saturated carbocycles. The fourth-order valence-corrected chi connectivity index (χ4v) is 2.85. The maximum Gasteiger partial charge on any atom is 0.0192 e. The lowest BCUT2D eigenvalue weighted by Crippen LogP contribution is -2.41. The molecule has 1 unspecified atom stereocenters. The van der Waals surface area contributed by atoms with Gasteiger partial charge in [-0.05, 0) is 38.6 Å². The van der Waals surface area contributed by atoms with Crippen LogP contribution < -0.4 is 5.32 Å². The van der Waals surface area contributed by atoms with Gasteiger partial charge >= 0.3 is 0 Å². The monoisotopic (exact) mass is 230 g/mol. The molecule has 0 amide bonds. The maximum absolute atomic E-state index is 3.56. The first kappa shape index (κ1) is 13.3. The van der Waals surface area contributed by atoms with Gasteiger partial charge in [-0.1, -0.05) is 13.3 Å². The molecule has 0 bridgehead atoms. The highest BCUT2D eigenvalue weighted by atomic mass is 32.2. The fourth-order valence-electron chi connectivity index (χ4n) is 1.95. The number of nitrogens with zero attached hydrogens (tertiary/aromatic N) is 1. The molecule has 0 aromatic carbocycles. The second-order valence-electron chi connectivity index (χ2n) is 4.41. The predicted molar refractivity (Wildman–Crippen MR) is 70.8 cm³/mol. The molecule has 0 spiro atoms. The molecule has 1 N–H and O–H groups in total. The number of hydrogen-bond donors (Lipinski definition) is 1. The van der Waals surface area contributed by atoms with Gasteiger partial charge in [-0.3, -0.25) is 4.90 Å². The normalized spacial score (nSPS) is 21.2. The van der Waals surface area contributed by atoms with Crippen molar-refractivity contribution in [3.05, 3.63) is 0 Å². The van der Waals surface area contributed by atoms with E-state index in [2.05, 4.69) is 35.8 Å². The summed E-state index contributed by atoms with van der Waals surface area (Å²) in [5.41, 5.74) is 0. The van der Waals surface area contributed by atoms with Crippen molar-refractivity contribution in [2.75, 3.05) is 37.7 Å². The predicted octanol–water partition coefficient (Wildman–Crippen LogP) is 2.20. The van der Waals surface area contributed by atoms with Gasteiger partial charge in [-0.25, -0.2) is 0 Å². The van der Waals surface area contributed by atoms with Crippen LogP contribution >= 0.6 is 11.8 Å². The Balaban J connectivity index is 2.11. The quantitative estimate of drug-likeness (QED) is 0.704. The summed E-state index contributed by atoms with van der Waals surface area (Å²) in [5.74, 6) is 2.67. The highest BCUT2D eigenvalue weighted by Crippen LogP contribution is 2.11. The highest BCUT2D eigenvalue weighted by Gasteiger charge is 2.14. The summed E-state index contributed by atoms with van der Waals surface area (Å²) in [6.07, 6.45) is 3.97. The third-order valence-electron chi connectivity index (χ3n) is 3.03. The van der Waals surface area contributed by atoms with Crippen LogP contribution in [0.15, 0.2) is 0 Å². The molecule has 1 saturated heterocycles. The van der Waals surface area contributed by atoms with E-state index in [-0.39, 0.29) is 0 Å². The molecule has 3 heteroatoms. The number of thioether (sulfide) groups is 1. The van der Waals surface area contributed by atoms with Gasteiger partial charge in [0.05, 0.1) is 0 Å². The fraction of sp³-hybridized carbons (Fsp3) is 1.00. The maximum atomic E-state index is 3.56. The Morgan fingerprint density at radius 1 is 1.33 bits per heavy atom. The molecular weight excluding hydrogens is 204 g/mol. The van der Waals surface area contributed by atoms with E-state index in [0.29, 0.717) is 6.04 Å². The molecular formula is C12H26N2S. The molecule has 2 nitrogen and oxygen atoms in total. The summed E-state index contributed by atoms with van der Waals surface area (Å²) in [5, 5.41) is 3.56. The van der Waals surface area contributed by atoms with Gasteiger partial charge in [-0.2, -0.15) is 11.8 Å². The van der Waals surface area contributed by atoms with Gasteiger partial charge in [0.25, 0.3) is 0 Å². The molecule has 0 radical (unpaired) electrons. The van der Waals surface area contributed by atoms with Crippen molar-refractivity contribution in [1.82, 2.24) is 10.2 Å². The lowest BCUT2D eigenvalue weighted by atomic mass is 10.2. The first-order chi connectivity index (χ1) is 7.34. The van der Waals surface area contributed by atoms with Gasteiger partial charge in [0.15, 0.2) is 0 Å². The van der Waals surface area contributed by atoms with Crippen LogP contribution in [0.4, 0.5) is 0 Å². The van der Waals surface area contributed by atoms with Crippen LogP contribution in [-0.2, 0) is 0 Å². The molecule has 1 fully saturated rings. The standard InChI is InChI=1S/C12H26N2S/c1-3-4-6-13-11-12(2)14-7-5-9-15-10-8-14/h12-13H,3-11H2,1-2H3. The van der Waals surface area contributed by atoms with E-state index in [4.69, 9.17) is 0 Å². The Morgan fingerprint density at radius 3 is 3.00 bits per heavy atom. The lowest BCUT2D eigenvalue weighted by Gasteiger charge is -2.27. The SMILES string of the molecule is CCCCNCC(C)N1CCCSCC1. The van der Waals surface area contributed by atoms with Crippen molar-refractivity contribution in [3.8, 4) is 0 Å². The average Bonchev–Trinajstić information content (AvgIpc) is 2.52. The zero-order valence-corrected chi connectivity index (χ0v) is 11.1. The summed E-state index contributed by atoms with van der Waals surface area (Å²) in [7, 11) is 0. The van der Waals surface area contributed by atoms with Crippen molar-refractivity contribution >= 4 is 11.8 Å². The van der Waals surface area contributed by atoms with Crippen LogP contribution in [0.2, 0.25) is 0 Å². The van der Waals surface area contributed by atoms with E-state index in [0.717, 1.165) is 6.54 Å². The molecule has 1 aliphatic rings. The van der Waals surface area contributed by atoms with Gasteiger partial charge in [0, 0.05) is 24.9 Å². The van der Waals surface area contributed by atoms with Gasteiger partial charge in [0.2, 0.25) is 0 Å². The minimum Gasteiger partial charge on any atom is -0.315 e. The molecule has 90 valence electrons. The van der Waals surface area contributed by atoms with Crippen LogP contribution in [0.5, 0.6) is 0 Å². The van der Waals surface area contributed by atoms with Crippen LogP contribution in [0.3, 0.4) is 0 Å². The van der Waals surface area contributed by atoms with Crippen molar-refractivity contribution in [2.45, 2.75) is 39.2 Å². The molecule has 1 atom stereocenters. The molecule has 1 rings (SSSR count). The van der Waals surface area contributed by atoms with E-state index >= 15 is 0 Å². The van der Waals surface area contributed by atoms with Crippen LogP contribution in [0.1, 0.15) is 33.1 Å².